The fourth-order valence-corrected chi connectivity index (χ4v) is 3.04. The van der Waals surface area contributed by atoms with Crippen LogP contribution in [0, 0.1) is 5.92 Å². The lowest BCUT2D eigenvalue weighted by Gasteiger charge is -2.24. The summed E-state index contributed by atoms with van der Waals surface area (Å²) < 4.78 is 7.81. The number of esters is 1. The van der Waals surface area contributed by atoms with E-state index in [1.54, 1.807) is 12.5 Å². The first-order chi connectivity index (χ1) is 10.8. The van der Waals surface area contributed by atoms with Crippen molar-refractivity contribution in [1.82, 2.24) is 9.55 Å². The van der Waals surface area contributed by atoms with Gasteiger partial charge in [0, 0.05) is 12.4 Å². The van der Waals surface area contributed by atoms with Crippen molar-refractivity contribution in [3.8, 4) is 0 Å². The van der Waals surface area contributed by atoms with Crippen molar-refractivity contribution < 1.29 is 9.53 Å². The summed E-state index contributed by atoms with van der Waals surface area (Å²) in [4.78, 5) is 16.5. The van der Waals surface area contributed by atoms with E-state index in [2.05, 4.69) is 4.98 Å². The van der Waals surface area contributed by atoms with Crippen molar-refractivity contribution in [1.29, 1.82) is 0 Å². The molecule has 23 heavy (non-hydrogen) atoms. The molecule has 2 aromatic rings. The molecule has 1 atom stereocenters. The number of ether oxygens (including phenoxy) is 1. The molecule has 1 aliphatic rings. The van der Waals surface area contributed by atoms with E-state index in [9.17, 15) is 4.79 Å². The summed E-state index contributed by atoms with van der Waals surface area (Å²) in [5, 5.41) is 0. The fourth-order valence-electron chi connectivity index (χ4n) is 3.04. The highest BCUT2D eigenvalue weighted by Crippen LogP contribution is 2.28. The summed E-state index contributed by atoms with van der Waals surface area (Å²) in [6.45, 7) is 0.600. The smallest absolute Gasteiger partial charge is 0.309 e. The average molecular weight is 335 g/mol. The Morgan fingerprint density at radius 2 is 1.96 bits per heavy atom. The Morgan fingerprint density at radius 1 is 1.22 bits per heavy atom. The number of imidazole rings is 1. The second-order valence-electron chi connectivity index (χ2n) is 5.93. The molecule has 1 unspecified atom stereocenters. The molecule has 1 heterocycles. The van der Waals surface area contributed by atoms with Gasteiger partial charge in [0.05, 0.1) is 18.8 Å². The van der Waals surface area contributed by atoms with Gasteiger partial charge in [0.25, 0.3) is 0 Å². The zero-order valence-corrected chi connectivity index (χ0v) is 14.0. The summed E-state index contributed by atoms with van der Waals surface area (Å²) >= 11 is 0. The van der Waals surface area contributed by atoms with Gasteiger partial charge < -0.3 is 9.30 Å². The highest BCUT2D eigenvalue weighted by atomic mass is 35.5. The van der Waals surface area contributed by atoms with Gasteiger partial charge in [0.2, 0.25) is 0 Å². The van der Waals surface area contributed by atoms with Crippen LogP contribution in [0.2, 0.25) is 0 Å². The van der Waals surface area contributed by atoms with Gasteiger partial charge in [-0.1, -0.05) is 49.6 Å². The number of benzene rings is 1. The number of carbonyl (C=O) groups is 1. The Kier molecular flexibility index (Phi) is 6.66. The maximum atomic E-state index is 12.5. The molecule has 124 valence electrons. The van der Waals surface area contributed by atoms with Crippen LogP contribution in [0.15, 0.2) is 49.1 Å². The molecule has 3 rings (SSSR count). The van der Waals surface area contributed by atoms with Gasteiger partial charge in [-0.3, -0.25) is 4.79 Å². The molecule has 5 heteroatoms. The van der Waals surface area contributed by atoms with Crippen molar-refractivity contribution in [3.05, 3.63) is 54.6 Å². The predicted molar refractivity (Wildman–Crippen MR) is 91.3 cm³/mol. The quantitative estimate of drug-likeness (QED) is 0.771. The number of nitrogens with zero attached hydrogens (tertiary/aromatic N) is 2. The highest BCUT2D eigenvalue weighted by Gasteiger charge is 2.26. The first-order valence-corrected chi connectivity index (χ1v) is 8.04. The Morgan fingerprint density at radius 3 is 2.61 bits per heavy atom. The number of rotatable bonds is 5. The van der Waals surface area contributed by atoms with Gasteiger partial charge in [-0.2, -0.15) is 0 Å². The zero-order valence-electron chi connectivity index (χ0n) is 13.1. The first-order valence-electron chi connectivity index (χ1n) is 8.04. The van der Waals surface area contributed by atoms with Crippen molar-refractivity contribution in [2.24, 2.45) is 5.92 Å². The summed E-state index contributed by atoms with van der Waals surface area (Å²) in [5.74, 6) is 0.0245. The number of hydrogen-bond donors (Lipinski definition) is 0. The maximum absolute atomic E-state index is 12.5. The van der Waals surface area contributed by atoms with E-state index < -0.39 is 0 Å². The van der Waals surface area contributed by atoms with Crippen LogP contribution < -0.4 is 0 Å². The second kappa shape index (κ2) is 8.73. The minimum Gasteiger partial charge on any atom is -0.455 e. The van der Waals surface area contributed by atoms with Gasteiger partial charge in [-0.05, 0) is 18.4 Å². The second-order valence-corrected chi connectivity index (χ2v) is 5.93. The molecule has 1 saturated carbocycles. The molecule has 0 saturated heterocycles. The molecule has 1 aliphatic carbocycles. The van der Waals surface area contributed by atoms with E-state index in [1.807, 2.05) is 41.1 Å². The van der Waals surface area contributed by atoms with Gasteiger partial charge in [-0.15, -0.1) is 12.4 Å². The molecular formula is C18H23ClN2O2. The number of carbonyl (C=O) groups excluding carboxylic acids is 1. The molecule has 0 amide bonds. The van der Waals surface area contributed by atoms with Crippen molar-refractivity contribution >= 4 is 18.4 Å². The third kappa shape index (κ3) is 4.83. The molecule has 1 aromatic carbocycles. The van der Waals surface area contributed by atoms with Crippen molar-refractivity contribution in [2.45, 2.75) is 44.8 Å². The van der Waals surface area contributed by atoms with E-state index in [1.165, 1.54) is 6.42 Å². The van der Waals surface area contributed by atoms with E-state index in [0.717, 1.165) is 31.2 Å². The monoisotopic (exact) mass is 334 g/mol. The van der Waals surface area contributed by atoms with Crippen LogP contribution in [0.1, 0.15) is 43.8 Å². The lowest BCUT2D eigenvalue weighted by Crippen LogP contribution is -2.24. The van der Waals surface area contributed by atoms with Crippen LogP contribution in [0.25, 0.3) is 0 Å². The SMILES string of the molecule is Cl.O=C(OC(Cn1ccnc1)c1ccccc1)C1CCCCC1. The zero-order chi connectivity index (χ0) is 15.2. The predicted octanol–water partition coefficient (Wildman–Crippen LogP) is 4.17. The molecule has 0 aliphatic heterocycles. The average Bonchev–Trinajstić information content (AvgIpc) is 3.09. The van der Waals surface area contributed by atoms with Gasteiger partial charge in [-0.25, -0.2) is 4.98 Å². The van der Waals surface area contributed by atoms with Crippen LogP contribution in [-0.2, 0) is 16.1 Å². The van der Waals surface area contributed by atoms with Crippen molar-refractivity contribution in [3.63, 3.8) is 0 Å². The van der Waals surface area contributed by atoms with Crippen molar-refractivity contribution in [2.75, 3.05) is 0 Å². The maximum Gasteiger partial charge on any atom is 0.309 e. The standard InChI is InChI=1S/C18H22N2O2.ClH/c21-18(16-9-5-2-6-10-16)22-17(13-20-12-11-19-14-20)15-7-3-1-4-8-15;/h1,3-4,7-8,11-12,14,16-17H,2,5-6,9-10,13H2;1H. The normalized spacial score (nSPS) is 16.3. The van der Waals surface area contributed by atoms with E-state index in [-0.39, 0.29) is 30.4 Å². The van der Waals surface area contributed by atoms with Crippen LogP contribution in [0.3, 0.4) is 0 Å². The molecular weight excluding hydrogens is 312 g/mol. The van der Waals surface area contributed by atoms with Gasteiger partial charge in [0.1, 0.15) is 6.10 Å². The van der Waals surface area contributed by atoms with E-state index >= 15 is 0 Å². The Bertz CT molecular complexity index is 580. The summed E-state index contributed by atoms with van der Waals surface area (Å²) in [5.41, 5.74) is 1.03. The topological polar surface area (TPSA) is 44.1 Å². The molecule has 4 nitrogen and oxygen atoms in total. The minimum absolute atomic E-state index is 0. The molecule has 0 N–H and O–H groups in total. The molecule has 1 fully saturated rings. The van der Waals surface area contributed by atoms with E-state index in [4.69, 9.17) is 4.74 Å². The molecule has 1 aromatic heterocycles. The first kappa shape index (κ1) is 17.5. The number of halogens is 1. The Balaban J connectivity index is 0.00000192. The highest BCUT2D eigenvalue weighted by molar-refractivity contribution is 5.85. The van der Waals surface area contributed by atoms with Gasteiger partial charge in [0.15, 0.2) is 0 Å². The lowest BCUT2D eigenvalue weighted by atomic mass is 9.89. The third-order valence-electron chi connectivity index (χ3n) is 4.30. The van der Waals surface area contributed by atoms with Crippen LogP contribution >= 0.6 is 12.4 Å². The fraction of sp³-hybridized carbons (Fsp3) is 0.444. The summed E-state index contributed by atoms with van der Waals surface area (Å²) in [7, 11) is 0. The number of hydrogen-bond acceptors (Lipinski definition) is 3. The van der Waals surface area contributed by atoms with Crippen LogP contribution in [0.5, 0.6) is 0 Å². The van der Waals surface area contributed by atoms with Gasteiger partial charge >= 0.3 is 5.97 Å². The summed E-state index contributed by atoms with van der Waals surface area (Å²) in [6.07, 6.45) is 10.6. The van der Waals surface area contributed by atoms with E-state index in [0.29, 0.717) is 6.54 Å². The molecule has 0 bridgehead atoms. The minimum atomic E-state index is -0.259. The lowest BCUT2D eigenvalue weighted by molar-refractivity contribution is -0.156. The summed E-state index contributed by atoms with van der Waals surface area (Å²) in [6, 6.07) is 9.95. The molecule has 0 radical (unpaired) electrons. The van der Waals surface area contributed by atoms with Crippen LogP contribution in [-0.4, -0.2) is 15.5 Å². The Hall–Kier alpha value is -1.81. The molecule has 0 spiro atoms. The van der Waals surface area contributed by atoms with Crippen LogP contribution in [0.4, 0.5) is 0 Å². The number of aromatic nitrogens is 2. The largest absolute Gasteiger partial charge is 0.455 e. The Labute approximate surface area is 143 Å². The third-order valence-corrected chi connectivity index (χ3v) is 4.30.